The predicted octanol–water partition coefficient (Wildman–Crippen LogP) is 0.843. The summed E-state index contributed by atoms with van der Waals surface area (Å²) in [4.78, 5) is 22.4. The van der Waals surface area contributed by atoms with Crippen LogP contribution < -0.4 is 14.8 Å². The minimum atomic E-state index is -1.04. The number of carboxylic acids is 1. The minimum Gasteiger partial charge on any atom is -0.493 e. The summed E-state index contributed by atoms with van der Waals surface area (Å²) in [5.41, 5.74) is 0.699. The third-order valence-electron chi connectivity index (χ3n) is 3.75. The van der Waals surface area contributed by atoms with Gasteiger partial charge in [-0.15, -0.1) is 5.10 Å². The van der Waals surface area contributed by atoms with Gasteiger partial charge in [-0.2, -0.15) is 5.10 Å². The van der Waals surface area contributed by atoms with Crippen molar-refractivity contribution in [1.82, 2.24) is 5.32 Å². The van der Waals surface area contributed by atoms with Crippen LogP contribution in [-0.2, 0) is 19.1 Å². The number of carboxylic acid groups (broad SMARTS) is 1. The maximum Gasteiger partial charge on any atom is 0.305 e. The van der Waals surface area contributed by atoms with Crippen LogP contribution in [0.5, 0.6) is 11.5 Å². The van der Waals surface area contributed by atoms with E-state index in [4.69, 9.17) is 24.1 Å². The van der Waals surface area contributed by atoms with Crippen molar-refractivity contribution >= 4 is 35.0 Å². The number of nitrogens with zero attached hydrogens (tertiary/aromatic N) is 2. The molecule has 10 nitrogen and oxygen atoms in total. The molecule has 1 aromatic rings. The number of aliphatic carboxylic acids is 1. The molecule has 1 unspecified atom stereocenters. The Kier molecular flexibility index (Phi) is 6.85. The number of methoxy groups -OCH3 is 1. The zero-order valence-corrected chi connectivity index (χ0v) is 15.8. The maximum atomic E-state index is 11.7. The molecule has 0 spiro atoms. The summed E-state index contributed by atoms with van der Waals surface area (Å²) in [6, 6.07) is 5.23. The number of hydrogen-bond donors (Lipinski definition) is 2. The number of carbonyl (C=O) groups excluding carboxylic acids is 1. The van der Waals surface area contributed by atoms with Crippen LogP contribution in [0.25, 0.3) is 0 Å². The second-order valence-electron chi connectivity index (χ2n) is 5.74. The van der Waals surface area contributed by atoms with Crippen molar-refractivity contribution in [2.24, 2.45) is 10.2 Å². The van der Waals surface area contributed by atoms with Crippen molar-refractivity contribution in [1.29, 1.82) is 0 Å². The summed E-state index contributed by atoms with van der Waals surface area (Å²) in [6.45, 7) is 1.31. The molecule has 2 aliphatic rings. The van der Waals surface area contributed by atoms with Crippen molar-refractivity contribution in [3.05, 3.63) is 23.8 Å². The van der Waals surface area contributed by atoms with Gasteiger partial charge in [0.15, 0.2) is 23.0 Å². The molecule has 2 aliphatic heterocycles. The van der Waals surface area contributed by atoms with Gasteiger partial charge in [0, 0.05) is 0 Å². The molecule has 0 radical (unpaired) electrons. The zero-order chi connectivity index (χ0) is 19.9. The van der Waals surface area contributed by atoms with Gasteiger partial charge in [0.1, 0.15) is 11.9 Å². The number of rotatable bonds is 8. The monoisotopic (exact) mass is 409 g/mol. The lowest BCUT2D eigenvalue weighted by atomic mass is 10.2. The number of benzene rings is 1. The Labute approximate surface area is 164 Å². The maximum absolute atomic E-state index is 11.7. The number of thioether (sulfide) groups is 1. The van der Waals surface area contributed by atoms with Gasteiger partial charge in [-0.3, -0.25) is 9.59 Å². The highest BCUT2D eigenvalue weighted by Crippen LogP contribution is 2.28. The summed E-state index contributed by atoms with van der Waals surface area (Å²) in [5.74, 6) is -0.380. The molecular formula is C17H19N3O7S. The Bertz CT molecular complexity index is 793. The van der Waals surface area contributed by atoms with Gasteiger partial charge in [-0.05, 0) is 23.8 Å². The first-order chi connectivity index (χ1) is 13.5. The molecule has 11 heteroatoms. The lowest BCUT2D eigenvalue weighted by Gasteiger charge is -2.14. The van der Waals surface area contributed by atoms with E-state index in [9.17, 15) is 9.59 Å². The second-order valence-corrected chi connectivity index (χ2v) is 6.93. The molecule has 0 aromatic heterocycles. The normalized spacial score (nSPS) is 21.4. The Hall–Kier alpha value is -2.63. The van der Waals surface area contributed by atoms with Crippen molar-refractivity contribution < 1.29 is 33.6 Å². The molecule has 0 aliphatic carbocycles. The Morgan fingerprint density at radius 3 is 2.89 bits per heavy atom. The fourth-order valence-corrected chi connectivity index (χ4v) is 3.36. The highest BCUT2D eigenvalue weighted by Gasteiger charge is 2.32. The van der Waals surface area contributed by atoms with Gasteiger partial charge in [-0.1, -0.05) is 11.8 Å². The van der Waals surface area contributed by atoms with Gasteiger partial charge in [0.2, 0.25) is 5.91 Å². The number of carbonyl (C=O) groups is 2. The van der Waals surface area contributed by atoms with Crippen molar-refractivity contribution in [2.45, 2.75) is 18.0 Å². The summed E-state index contributed by atoms with van der Waals surface area (Å²) in [5, 5.41) is 18.7. The third-order valence-corrected chi connectivity index (χ3v) is 4.82. The van der Waals surface area contributed by atoms with Crippen LogP contribution in [0, 0.1) is 0 Å². The van der Waals surface area contributed by atoms with Crippen LogP contribution in [-0.4, -0.2) is 66.8 Å². The third kappa shape index (κ3) is 5.44. The van der Waals surface area contributed by atoms with E-state index in [1.165, 1.54) is 13.3 Å². The molecule has 0 bridgehead atoms. The first kappa shape index (κ1) is 20.1. The van der Waals surface area contributed by atoms with Crippen LogP contribution in [0.15, 0.2) is 28.4 Å². The average molecular weight is 409 g/mol. The number of ether oxygens (including phenoxy) is 4. The number of nitrogens with one attached hydrogen (secondary N) is 1. The second kappa shape index (κ2) is 9.53. The molecule has 1 atom stereocenters. The zero-order valence-electron chi connectivity index (χ0n) is 15.0. The molecule has 150 valence electrons. The van der Waals surface area contributed by atoms with E-state index in [2.05, 4.69) is 15.5 Å². The lowest BCUT2D eigenvalue weighted by Crippen LogP contribution is -2.26. The standard InChI is InChI=1S/C17H19N3O7S/c1-24-11-3-2-10(6-12(11)27-9-15-25-4-5-26-15)8-18-20-17-19-16(23)13(28-17)7-14(21)22/h2-3,6,8,13,15H,4-5,7,9H2,1H3,(H,21,22)(H,19,20,23). The Morgan fingerprint density at radius 1 is 1.39 bits per heavy atom. The van der Waals surface area contributed by atoms with Gasteiger partial charge in [0.25, 0.3) is 0 Å². The van der Waals surface area contributed by atoms with E-state index in [1.807, 2.05) is 0 Å². The van der Waals surface area contributed by atoms with Gasteiger partial charge in [0.05, 0.1) is 33.0 Å². The number of amides is 1. The first-order valence-electron chi connectivity index (χ1n) is 8.39. The summed E-state index contributed by atoms with van der Waals surface area (Å²) in [7, 11) is 1.54. The molecule has 1 aromatic carbocycles. The molecule has 2 heterocycles. The summed E-state index contributed by atoms with van der Waals surface area (Å²) >= 11 is 1.04. The van der Waals surface area contributed by atoms with E-state index in [0.29, 0.717) is 30.3 Å². The van der Waals surface area contributed by atoms with E-state index >= 15 is 0 Å². The SMILES string of the molecule is COc1ccc(C=NN=C2NC(=O)C(CC(=O)O)S2)cc1OCC1OCCO1. The fraction of sp³-hybridized carbons (Fsp3) is 0.412. The minimum absolute atomic E-state index is 0.229. The highest BCUT2D eigenvalue weighted by molar-refractivity contribution is 8.15. The molecule has 28 heavy (non-hydrogen) atoms. The molecule has 2 saturated heterocycles. The molecule has 3 rings (SSSR count). The van der Waals surface area contributed by atoms with Crippen LogP contribution in [0.1, 0.15) is 12.0 Å². The van der Waals surface area contributed by atoms with E-state index in [0.717, 1.165) is 11.8 Å². The molecule has 1 amide bonds. The lowest BCUT2D eigenvalue weighted by molar-refractivity contribution is -0.138. The summed E-state index contributed by atoms with van der Waals surface area (Å²) < 4.78 is 21.7. The van der Waals surface area contributed by atoms with Crippen LogP contribution in [0.2, 0.25) is 0 Å². The number of hydrogen-bond acceptors (Lipinski definition) is 9. The van der Waals surface area contributed by atoms with E-state index in [-0.39, 0.29) is 18.2 Å². The van der Waals surface area contributed by atoms with Crippen LogP contribution >= 0.6 is 11.8 Å². The molecular weight excluding hydrogens is 390 g/mol. The molecule has 2 N–H and O–H groups in total. The van der Waals surface area contributed by atoms with Crippen molar-refractivity contribution in [3.8, 4) is 11.5 Å². The topological polar surface area (TPSA) is 128 Å². The Balaban J connectivity index is 1.62. The average Bonchev–Trinajstić information content (AvgIpc) is 3.30. The molecule has 0 saturated carbocycles. The van der Waals surface area contributed by atoms with Crippen molar-refractivity contribution in [2.75, 3.05) is 26.9 Å². The fourth-order valence-electron chi connectivity index (χ4n) is 2.44. The van der Waals surface area contributed by atoms with E-state index < -0.39 is 23.4 Å². The van der Waals surface area contributed by atoms with Gasteiger partial charge < -0.3 is 29.4 Å². The summed E-state index contributed by atoms with van der Waals surface area (Å²) in [6.07, 6.45) is 0.807. The first-order valence-corrected chi connectivity index (χ1v) is 9.27. The Morgan fingerprint density at radius 2 is 2.18 bits per heavy atom. The number of amidine groups is 1. The molecule has 2 fully saturated rings. The largest absolute Gasteiger partial charge is 0.493 e. The van der Waals surface area contributed by atoms with Crippen LogP contribution in [0.3, 0.4) is 0 Å². The van der Waals surface area contributed by atoms with Crippen LogP contribution in [0.4, 0.5) is 0 Å². The van der Waals surface area contributed by atoms with Crippen molar-refractivity contribution in [3.63, 3.8) is 0 Å². The van der Waals surface area contributed by atoms with Gasteiger partial charge >= 0.3 is 5.97 Å². The van der Waals surface area contributed by atoms with E-state index in [1.54, 1.807) is 18.2 Å². The quantitative estimate of drug-likeness (QED) is 0.478. The highest BCUT2D eigenvalue weighted by atomic mass is 32.2. The predicted molar refractivity (Wildman–Crippen MR) is 101 cm³/mol. The van der Waals surface area contributed by atoms with Gasteiger partial charge in [-0.25, -0.2) is 0 Å². The smallest absolute Gasteiger partial charge is 0.305 e.